The van der Waals surface area contributed by atoms with Gasteiger partial charge in [-0.15, -0.1) is 0 Å². The monoisotopic (exact) mass is 224 g/mol. The van der Waals surface area contributed by atoms with E-state index in [4.69, 9.17) is 10.9 Å². The van der Waals surface area contributed by atoms with Crippen molar-refractivity contribution in [2.24, 2.45) is 10.9 Å². The fourth-order valence-electron chi connectivity index (χ4n) is 1.15. The van der Waals surface area contributed by atoms with E-state index in [1.165, 1.54) is 12.1 Å². The van der Waals surface area contributed by atoms with Crippen molar-refractivity contribution in [2.45, 2.75) is 6.54 Å². The summed E-state index contributed by atoms with van der Waals surface area (Å²) in [6.45, 7) is 0.636. The minimum absolute atomic E-state index is 0.0445. The molecule has 1 rings (SSSR count). The number of nitrogens with zero attached hydrogens (tertiary/aromatic N) is 2. The Morgan fingerprint density at radius 3 is 3.00 bits per heavy atom. The van der Waals surface area contributed by atoms with E-state index in [-0.39, 0.29) is 18.1 Å². The van der Waals surface area contributed by atoms with Crippen LogP contribution in [0.3, 0.4) is 0 Å². The molecule has 7 nitrogen and oxygen atoms in total. The molecule has 0 unspecified atom stereocenters. The molecule has 0 saturated carbocycles. The molecule has 1 aromatic rings. The number of benzene rings is 1. The summed E-state index contributed by atoms with van der Waals surface area (Å²) in [5.41, 5.74) is 6.05. The van der Waals surface area contributed by atoms with Crippen LogP contribution in [0.4, 0.5) is 5.69 Å². The zero-order valence-corrected chi connectivity index (χ0v) is 8.46. The van der Waals surface area contributed by atoms with Gasteiger partial charge in [-0.2, -0.15) is 0 Å². The van der Waals surface area contributed by atoms with Gasteiger partial charge in [0.05, 0.1) is 11.5 Å². The van der Waals surface area contributed by atoms with Gasteiger partial charge in [0.15, 0.2) is 5.84 Å². The summed E-state index contributed by atoms with van der Waals surface area (Å²) >= 11 is 0. The normalized spacial score (nSPS) is 11.4. The first-order chi connectivity index (χ1) is 7.63. The van der Waals surface area contributed by atoms with Crippen LogP contribution in [0, 0.1) is 10.1 Å². The van der Waals surface area contributed by atoms with Crippen molar-refractivity contribution in [1.82, 2.24) is 5.32 Å². The molecule has 0 aliphatic heterocycles. The molecule has 16 heavy (non-hydrogen) atoms. The molecule has 0 bridgehead atoms. The van der Waals surface area contributed by atoms with E-state index in [2.05, 4.69) is 10.5 Å². The molecule has 0 aliphatic carbocycles. The summed E-state index contributed by atoms with van der Waals surface area (Å²) in [5.74, 6) is 0.0606. The van der Waals surface area contributed by atoms with Gasteiger partial charge in [-0.3, -0.25) is 10.1 Å². The number of nitro groups is 1. The summed E-state index contributed by atoms with van der Waals surface area (Å²) in [6, 6.07) is 6.26. The molecule has 0 aliphatic rings. The molecule has 0 aromatic heterocycles. The number of amidine groups is 1. The van der Waals surface area contributed by atoms with Gasteiger partial charge in [-0.05, 0) is 5.56 Å². The van der Waals surface area contributed by atoms with Crippen molar-refractivity contribution in [3.63, 3.8) is 0 Å². The second-order valence-corrected chi connectivity index (χ2v) is 3.12. The largest absolute Gasteiger partial charge is 0.409 e. The molecule has 1 aromatic carbocycles. The number of nitrogens with two attached hydrogens (primary N) is 1. The Balaban J connectivity index is 2.54. The van der Waals surface area contributed by atoms with Crippen molar-refractivity contribution in [3.05, 3.63) is 39.9 Å². The Kier molecular flexibility index (Phi) is 4.22. The number of non-ortho nitro benzene ring substituents is 1. The highest BCUT2D eigenvalue weighted by atomic mass is 16.6. The van der Waals surface area contributed by atoms with E-state index < -0.39 is 4.92 Å². The molecule has 86 valence electrons. The highest BCUT2D eigenvalue weighted by Gasteiger charge is 2.05. The molecule has 0 saturated heterocycles. The van der Waals surface area contributed by atoms with E-state index in [0.717, 1.165) is 5.56 Å². The fourth-order valence-corrected chi connectivity index (χ4v) is 1.15. The van der Waals surface area contributed by atoms with Gasteiger partial charge in [-0.25, -0.2) is 0 Å². The van der Waals surface area contributed by atoms with E-state index >= 15 is 0 Å². The lowest BCUT2D eigenvalue weighted by Crippen LogP contribution is -2.28. The Labute approximate surface area is 91.7 Å². The maximum absolute atomic E-state index is 10.5. The van der Waals surface area contributed by atoms with Crippen LogP contribution in [0.2, 0.25) is 0 Å². The number of rotatable bonds is 5. The topological polar surface area (TPSA) is 114 Å². The maximum atomic E-state index is 10.5. The van der Waals surface area contributed by atoms with E-state index in [9.17, 15) is 10.1 Å². The molecule has 0 spiro atoms. The Hall–Kier alpha value is -2.15. The van der Waals surface area contributed by atoms with Crippen LogP contribution in [-0.2, 0) is 6.54 Å². The molecule has 0 atom stereocenters. The number of hydrogen-bond acceptors (Lipinski definition) is 5. The average Bonchev–Trinajstić information content (AvgIpc) is 2.29. The molecule has 0 fully saturated rings. The minimum atomic E-state index is -0.451. The van der Waals surface area contributed by atoms with Gasteiger partial charge in [0, 0.05) is 18.7 Å². The third-order valence-corrected chi connectivity index (χ3v) is 1.89. The zero-order valence-electron chi connectivity index (χ0n) is 8.46. The molecule has 7 heteroatoms. The standard InChI is InChI=1S/C9H12N4O3/c10-9(12-14)6-11-5-7-2-1-3-8(4-7)13(15)16/h1-4,11,14H,5-6H2,(H2,10,12). The van der Waals surface area contributed by atoms with Gasteiger partial charge in [0.2, 0.25) is 0 Å². The van der Waals surface area contributed by atoms with E-state index in [0.29, 0.717) is 6.54 Å². The van der Waals surface area contributed by atoms with Gasteiger partial charge in [0.1, 0.15) is 0 Å². The SMILES string of the molecule is NC(CNCc1cccc([N+](=O)[O-])c1)=NO. The minimum Gasteiger partial charge on any atom is -0.409 e. The fraction of sp³-hybridized carbons (Fsp3) is 0.222. The maximum Gasteiger partial charge on any atom is 0.269 e. The quantitative estimate of drug-likeness (QED) is 0.220. The van der Waals surface area contributed by atoms with Crippen molar-refractivity contribution in [1.29, 1.82) is 0 Å². The number of nitro benzene ring substituents is 1. The summed E-state index contributed by atoms with van der Waals surface area (Å²) in [4.78, 5) is 10.0. The Morgan fingerprint density at radius 1 is 1.62 bits per heavy atom. The lowest BCUT2D eigenvalue weighted by atomic mass is 10.2. The Bertz CT molecular complexity index is 405. The first-order valence-corrected chi connectivity index (χ1v) is 4.54. The summed E-state index contributed by atoms with van der Waals surface area (Å²) in [7, 11) is 0. The van der Waals surface area contributed by atoms with Crippen LogP contribution in [0.5, 0.6) is 0 Å². The van der Waals surface area contributed by atoms with Crippen molar-refractivity contribution in [2.75, 3.05) is 6.54 Å². The first kappa shape index (κ1) is 11.9. The third kappa shape index (κ3) is 3.54. The number of hydrogen-bond donors (Lipinski definition) is 3. The van der Waals surface area contributed by atoms with Gasteiger partial charge in [-0.1, -0.05) is 17.3 Å². The molecule has 0 radical (unpaired) electrons. The van der Waals surface area contributed by atoms with E-state index in [1.54, 1.807) is 12.1 Å². The first-order valence-electron chi connectivity index (χ1n) is 4.54. The Morgan fingerprint density at radius 2 is 2.38 bits per heavy atom. The number of oxime groups is 1. The third-order valence-electron chi connectivity index (χ3n) is 1.89. The summed E-state index contributed by atoms with van der Waals surface area (Å²) in [6.07, 6.45) is 0. The lowest BCUT2D eigenvalue weighted by molar-refractivity contribution is -0.384. The van der Waals surface area contributed by atoms with Crippen LogP contribution in [0.15, 0.2) is 29.4 Å². The zero-order chi connectivity index (χ0) is 12.0. The summed E-state index contributed by atoms with van der Waals surface area (Å²) in [5, 5.41) is 24.4. The highest BCUT2D eigenvalue weighted by Crippen LogP contribution is 2.12. The number of nitrogens with one attached hydrogen (secondary N) is 1. The highest BCUT2D eigenvalue weighted by molar-refractivity contribution is 5.81. The molecular weight excluding hydrogens is 212 g/mol. The average molecular weight is 224 g/mol. The van der Waals surface area contributed by atoms with Crippen LogP contribution in [-0.4, -0.2) is 22.5 Å². The van der Waals surface area contributed by atoms with Gasteiger partial charge >= 0.3 is 0 Å². The molecule has 0 amide bonds. The van der Waals surface area contributed by atoms with E-state index in [1.807, 2.05) is 0 Å². The molecule has 0 heterocycles. The summed E-state index contributed by atoms with van der Waals surface area (Å²) < 4.78 is 0. The van der Waals surface area contributed by atoms with Gasteiger partial charge in [0.25, 0.3) is 5.69 Å². The van der Waals surface area contributed by atoms with Crippen molar-refractivity contribution < 1.29 is 10.1 Å². The predicted octanol–water partition coefficient (Wildman–Crippen LogP) is 0.431. The lowest BCUT2D eigenvalue weighted by Gasteiger charge is -2.03. The predicted molar refractivity (Wildman–Crippen MR) is 58.2 cm³/mol. The smallest absolute Gasteiger partial charge is 0.269 e. The second kappa shape index (κ2) is 5.66. The van der Waals surface area contributed by atoms with Crippen LogP contribution in [0.25, 0.3) is 0 Å². The van der Waals surface area contributed by atoms with Crippen molar-refractivity contribution >= 4 is 11.5 Å². The molecule has 4 N–H and O–H groups in total. The van der Waals surface area contributed by atoms with Crippen molar-refractivity contribution in [3.8, 4) is 0 Å². The van der Waals surface area contributed by atoms with Crippen LogP contribution in [0.1, 0.15) is 5.56 Å². The van der Waals surface area contributed by atoms with Gasteiger partial charge < -0.3 is 16.3 Å². The van der Waals surface area contributed by atoms with Crippen LogP contribution < -0.4 is 11.1 Å². The molecular formula is C9H12N4O3. The second-order valence-electron chi connectivity index (χ2n) is 3.12. The van der Waals surface area contributed by atoms with Crippen LogP contribution >= 0.6 is 0 Å².